The van der Waals surface area contributed by atoms with Crippen LogP contribution in [-0.4, -0.2) is 28.8 Å². The predicted molar refractivity (Wildman–Crippen MR) is 117 cm³/mol. The van der Waals surface area contributed by atoms with Crippen LogP contribution in [0.25, 0.3) is 11.1 Å². The minimum Gasteiger partial charge on any atom is -0.444 e. The van der Waals surface area contributed by atoms with Crippen molar-refractivity contribution in [3.63, 3.8) is 0 Å². The number of halogens is 2. The lowest BCUT2D eigenvalue weighted by atomic mass is 9.91. The van der Waals surface area contributed by atoms with Gasteiger partial charge in [0.1, 0.15) is 17.2 Å². The molecule has 32 heavy (non-hydrogen) atoms. The van der Waals surface area contributed by atoms with Crippen LogP contribution in [0, 0.1) is 17.6 Å². The standard InChI is InChI=1S/C24H28F2N2O4/c1-13-7-18(29)12-21(28-23(31)32-24(2,3)4)15-8-14(9-17(26)10-15)19-11-16(25)5-6-20(19)27-22(13)30/h5-6,8-11,13,18,21,29H,7,12H2,1-4H3,(H,27,30)(H,28,31)/t13-,18-,21+/m1/s1. The zero-order valence-electron chi connectivity index (χ0n) is 18.5. The molecule has 172 valence electrons. The van der Waals surface area contributed by atoms with Gasteiger partial charge in [-0.15, -0.1) is 0 Å². The highest BCUT2D eigenvalue weighted by Gasteiger charge is 2.27. The minimum absolute atomic E-state index is 0.0375. The Morgan fingerprint density at radius 2 is 1.84 bits per heavy atom. The highest BCUT2D eigenvalue weighted by molar-refractivity contribution is 5.96. The number of fused-ring (bicyclic) bond motifs is 4. The van der Waals surface area contributed by atoms with Crippen molar-refractivity contribution in [3.8, 4) is 11.1 Å². The van der Waals surface area contributed by atoms with Crippen LogP contribution in [0.4, 0.5) is 19.3 Å². The topological polar surface area (TPSA) is 87.7 Å². The number of carbonyl (C=O) groups is 2. The highest BCUT2D eigenvalue weighted by atomic mass is 19.1. The van der Waals surface area contributed by atoms with E-state index in [9.17, 15) is 23.5 Å². The maximum absolute atomic E-state index is 14.6. The van der Waals surface area contributed by atoms with Gasteiger partial charge in [-0.05, 0) is 81.1 Å². The first-order chi connectivity index (χ1) is 14.9. The SMILES string of the molecule is C[C@@H]1C[C@@H](O)C[C@H](NC(=O)OC(C)(C)C)c2cc(F)cc(c2)-c2cc(F)ccc2NC1=O. The molecule has 0 spiro atoms. The van der Waals surface area contributed by atoms with Gasteiger partial charge in [-0.2, -0.15) is 0 Å². The number of amides is 2. The Balaban J connectivity index is 2.10. The molecule has 2 aromatic rings. The molecule has 0 aliphatic carbocycles. The third-order valence-electron chi connectivity index (χ3n) is 5.14. The number of hydrogen-bond acceptors (Lipinski definition) is 4. The Hall–Kier alpha value is -3.00. The molecule has 1 aliphatic heterocycles. The van der Waals surface area contributed by atoms with Crippen LogP contribution in [0.5, 0.6) is 0 Å². The van der Waals surface area contributed by atoms with Crippen LogP contribution in [0.2, 0.25) is 0 Å². The lowest BCUT2D eigenvalue weighted by molar-refractivity contribution is -0.120. The number of nitrogens with one attached hydrogen (secondary N) is 2. The quantitative estimate of drug-likeness (QED) is 0.580. The second-order valence-electron chi connectivity index (χ2n) is 9.18. The Bertz CT molecular complexity index is 1020. The maximum Gasteiger partial charge on any atom is 0.408 e. The Kier molecular flexibility index (Phi) is 6.83. The van der Waals surface area contributed by atoms with Crippen molar-refractivity contribution in [2.24, 2.45) is 5.92 Å². The summed E-state index contributed by atoms with van der Waals surface area (Å²) < 4.78 is 34.0. The van der Waals surface area contributed by atoms with Gasteiger partial charge in [-0.3, -0.25) is 4.79 Å². The van der Waals surface area contributed by atoms with Gasteiger partial charge in [0.05, 0.1) is 12.1 Å². The van der Waals surface area contributed by atoms with Crippen molar-refractivity contribution in [3.05, 3.63) is 53.6 Å². The molecule has 0 saturated carbocycles. The van der Waals surface area contributed by atoms with Crippen LogP contribution in [-0.2, 0) is 9.53 Å². The molecule has 3 rings (SSSR count). The summed E-state index contributed by atoms with van der Waals surface area (Å²) >= 11 is 0. The van der Waals surface area contributed by atoms with E-state index in [1.54, 1.807) is 33.8 Å². The van der Waals surface area contributed by atoms with E-state index in [2.05, 4.69) is 10.6 Å². The van der Waals surface area contributed by atoms with E-state index in [-0.39, 0.29) is 18.7 Å². The summed E-state index contributed by atoms with van der Waals surface area (Å²) in [6.07, 6.45) is -1.51. The van der Waals surface area contributed by atoms with Crippen molar-refractivity contribution < 1.29 is 28.2 Å². The summed E-state index contributed by atoms with van der Waals surface area (Å²) in [5, 5.41) is 16.1. The van der Waals surface area contributed by atoms with Crippen LogP contribution in [0.1, 0.15) is 52.1 Å². The molecule has 0 unspecified atom stereocenters. The van der Waals surface area contributed by atoms with Gasteiger partial charge in [-0.25, -0.2) is 13.6 Å². The van der Waals surface area contributed by atoms with Crippen LogP contribution in [0.3, 0.4) is 0 Å². The van der Waals surface area contributed by atoms with Crippen molar-refractivity contribution in [2.45, 2.75) is 58.3 Å². The largest absolute Gasteiger partial charge is 0.444 e. The zero-order valence-corrected chi connectivity index (χ0v) is 18.5. The fourth-order valence-electron chi connectivity index (χ4n) is 3.70. The molecule has 8 heteroatoms. The molecular weight excluding hydrogens is 418 g/mol. The molecular formula is C24H28F2N2O4. The summed E-state index contributed by atoms with van der Waals surface area (Å²) in [5.41, 5.74) is 0.604. The van der Waals surface area contributed by atoms with E-state index in [4.69, 9.17) is 4.74 Å². The van der Waals surface area contributed by atoms with E-state index in [1.165, 1.54) is 30.3 Å². The average molecular weight is 446 g/mol. The van der Waals surface area contributed by atoms with E-state index in [0.717, 1.165) is 0 Å². The number of aliphatic hydroxyl groups is 1. The third kappa shape index (κ3) is 6.03. The molecule has 2 amide bonds. The molecule has 2 aromatic carbocycles. The number of ether oxygens (including phenoxy) is 1. The fourth-order valence-corrected chi connectivity index (χ4v) is 3.70. The smallest absolute Gasteiger partial charge is 0.408 e. The number of rotatable bonds is 1. The lowest BCUT2D eigenvalue weighted by Gasteiger charge is -2.27. The van der Waals surface area contributed by atoms with Crippen molar-refractivity contribution in [2.75, 3.05) is 5.32 Å². The molecule has 3 N–H and O–H groups in total. The molecule has 3 atom stereocenters. The van der Waals surface area contributed by atoms with Gasteiger partial charge >= 0.3 is 6.09 Å². The summed E-state index contributed by atoms with van der Waals surface area (Å²) in [7, 11) is 0. The van der Waals surface area contributed by atoms with Crippen LogP contribution in [0.15, 0.2) is 36.4 Å². The second kappa shape index (κ2) is 9.24. The molecule has 1 aliphatic rings. The molecule has 6 nitrogen and oxygen atoms in total. The Labute approximate surface area is 186 Å². The van der Waals surface area contributed by atoms with Gasteiger partial charge in [-0.1, -0.05) is 6.92 Å². The maximum atomic E-state index is 14.6. The summed E-state index contributed by atoms with van der Waals surface area (Å²) in [6, 6.07) is 7.13. The predicted octanol–water partition coefficient (Wildman–Crippen LogP) is 4.93. The Morgan fingerprint density at radius 3 is 2.53 bits per heavy atom. The van der Waals surface area contributed by atoms with E-state index >= 15 is 0 Å². The van der Waals surface area contributed by atoms with Crippen LogP contribution < -0.4 is 10.6 Å². The van der Waals surface area contributed by atoms with Gasteiger partial charge in [0.2, 0.25) is 5.91 Å². The molecule has 0 fully saturated rings. The summed E-state index contributed by atoms with van der Waals surface area (Å²) in [6.45, 7) is 6.82. The first-order valence-corrected chi connectivity index (χ1v) is 10.5. The first kappa shape index (κ1) is 23.7. The number of alkyl carbamates (subject to hydrolysis) is 1. The number of aliphatic hydroxyl groups excluding tert-OH is 1. The molecule has 0 aromatic heterocycles. The number of anilines is 1. The summed E-state index contributed by atoms with van der Waals surface area (Å²) in [4.78, 5) is 25.1. The highest BCUT2D eigenvalue weighted by Crippen LogP contribution is 2.34. The average Bonchev–Trinajstić information content (AvgIpc) is 2.66. The molecule has 0 saturated heterocycles. The molecule has 2 bridgehead atoms. The Morgan fingerprint density at radius 1 is 1.12 bits per heavy atom. The van der Waals surface area contributed by atoms with Crippen molar-refractivity contribution in [1.29, 1.82) is 0 Å². The molecule has 1 heterocycles. The molecule has 0 radical (unpaired) electrons. The van der Waals surface area contributed by atoms with Gasteiger partial charge < -0.3 is 20.5 Å². The van der Waals surface area contributed by atoms with Gasteiger partial charge in [0.25, 0.3) is 0 Å². The van der Waals surface area contributed by atoms with E-state index in [0.29, 0.717) is 22.4 Å². The van der Waals surface area contributed by atoms with E-state index in [1.807, 2.05) is 0 Å². The third-order valence-corrected chi connectivity index (χ3v) is 5.14. The van der Waals surface area contributed by atoms with E-state index < -0.39 is 41.4 Å². The fraction of sp³-hybridized carbons (Fsp3) is 0.417. The van der Waals surface area contributed by atoms with Crippen molar-refractivity contribution in [1.82, 2.24) is 5.32 Å². The zero-order chi connectivity index (χ0) is 23.6. The van der Waals surface area contributed by atoms with Gasteiger partial charge in [0.15, 0.2) is 0 Å². The minimum atomic E-state index is -0.950. The first-order valence-electron chi connectivity index (χ1n) is 10.5. The number of hydrogen-bond donors (Lipinski definition) is 3. The lowest BCUT2D eigenvalue weighted by Crippen LogP contribution is -2.37. The van der Waals surface area contributed by atoms with Crippen LogP contribution >= 0.6 is 0 Å². The van der Waals surface area contributed by atoms with Crippen molar-refractivity contribution >= 4 is 17.7 Å². The monoisotopic (exact) mass is 446 g/mol. The summed E-state index contributed by atoms with van der Waals surface area (Å²) in [5.74, 6) is -2.05. The number of carbonyl (C=O) groups excluding carboxylic acids is 2. The number of benzene rings is 2. The normalized spacial score (nSPS) is 21.5. The van der Waals surface area contributed by atoms with Gasteiger partial charge in [0, 0.05) is 17.2 Å². The second-order valence-corrected chi connectivity index (χ2v) is 9.18.